The van der Waals surface area contributed by atoms with Crippen LogP contribution >= 0.6 is 7.37 Å². The number of nitrogens with two attached hydrogens (primary N) is 1. The summed E-state index contributed by atoms with van der Waals surface area (Å²) in [5.74, 6) is -5.21. The van der Waals surface area contributed by atoms with Gasteiger partial charge in [0.05, 0.1) is 18.3 Å². The molecule has 0 spiro atoms. The minimum Gasteiger partial charge on any atom is -0.481 e. The van der Waals surface area contributed by atoms with Crippen molar-refractivity contribution in [1.82, 2.24) is 4.72 Å². The highest BCUT2D eigenvalue weighted by atomic mass is 32.2. The van der Waals surface area contributed by atoms with Crippen LogP contribution in [0, 0.1) is 12.8 Å². The highest BCUT2D eigenvalue weighted by Gasteiger charge is 2.40. The third-order valence-electron chi connectivity index (χ3n) is 4.26. The Morgan fingerprint density at radius 2 is 1.93 bits per heavy atom. The molecule has 0 heterocycles. The van der Waals surface area contributed by atoms with Gasteiger partial charge in [-0.3, -0.25) is 9.36 Å². The van der Waals surface area contributed by atoms with Gasteiger partial charge in [0.25, 0.3) is 0 Å². The summed E-state index contributed by atoms with van der Waals surface area (Å²) < 4.78 is 39.0. The van der Waals surface area contributed by atoms with Gasteiger partial charge in [-0.05, 0) is 30.0 Å². The molecule has 0 aliphatic heterocycles. The summed E-state index contributed by atoms with van der Waals surface area (Å²) in [4.78, 5) is 22.4. The molecule has 154 valence electrons. The molecule has 0 bridgehead atoms. The lowest BCUT2D eigenvalue weighted by atomic mass is 9.95. The van der Waals surface area contributed by atoms with E-state index in [1.54, 1.807) is 32.9 Å². The molecule has 0 saturated carbocycles. The lowest BCUT2D eigenvalue weighted by Gasteiger charge is -2.29. The van der Waals surface area contributed by atoms with E-state index in [-0.39, 0.29) is 0 Å². The first-order chi connectivity index (χ1) is 12.3. The molecule has 0 aliphatic rings. The second-order valence-electron chi connectivity index (χ2n) is 6.74. The van der Waals surface area contributed by atoms with Gasteiger partial charge >= 0.3 is 5.97 Å². The van der Waals surface area contributed by atoms with Gasteiger partial charge in [0.2, 0.25) is 17.4 Å². The summed E-state index contributed by atoms with van der Waals surface area (Å²) in [6.07, 6.45) is -0.656. The van der Waals surface area contributed by atoms with Crippen LogP contribution in [-0.2, 0) is 19.4 Å². The standard InChI is InChI=1S/C16H27N2O7PS/c1-10(2)15(18-27(24,25)8-7-19)26(22,23)9-13(16(20)21)12-5-4-6-14(17)11(12)3/h4-6,10,13,15,18-19H,7-9,17H2,1-3H3,(H,20,21)(H,22,23). The number of nitrogens with one attached hydrogen (secondary N) is 1. The zero-order valence-electron chi connectivity index (χ0n) is 15.5. The summed E-state index contributed by atoms with van der Waals surface area (Å²) in [5, 5.41) is 18.4. The van der Waals surface area contributed by atoms with Crippen molar-refractivity contribution in [3.63, 3.8) is 0 Å². The molecule has 0 fully saturated rings. The number of benzene rings is 1. The van der Waals surface area contributed by atoms with Gasteiger partial charge in [-0.1, -0.05) is 26.0 Å². The van der Waals surface area contributed by atoms with Crippen LogP contribution in [0.5, 0.6) is 0 Å². The zero-order chi connectivity index (χ0) is 21.0. The van der Waals surface area contributed by atoms with Crippen molar-refractivity contribution in [2.75, 3.05) is 24.3 Å². The number of aliphatic hydroxyl groups is 1. The topological polar surface area (TPSA) is 167 Å². The maximum absolute atomic E-state index is 13.0. The van der Waals surface area contributed by atoms with Crippen LogP contribution in [0.3, 0.4) is 0 Å². The van der Waals surface area contributed by atoms with Gasteiger partial charge < -0.3 is 20.8 Å². The van der Waals surface area contributed by atoms with Crippen LogP contribution in [-0.4, -0.2) is 53.8 Å². The molecule has 11 heteroatoms. The summed E-state index contributed by atoms with van der Waals surface area (Å²) in [7, 11) is -8.28. The second-order valence-corrected chi connectivity index (χ2v) is 11.0. The van der Waals surface area contributed by atoms with Gasteiger partial charge in [-0.2, -0.15) is 0 Å². The largest absolute Gasteiger partial charge is 0.481 e. The van der Waals surface area contributed by atoms with Crippen LogP contribution < -0.4 is 10.5 Å². The number of carbonyl (C=O) groups is 1. The van der Waals surface area contributed by atoms with Crippen molar-refractivity contribution in [2.45, 2.75) is 32.5 Å². The molecule has 1 aromatic rings. The Kier molecular flexibility index (Phi) is 8.00. The summed E-state index contributed by atoms with van der Waals surface area (Å²) >= 11 is 0. The minimum absolute atomic E-state index is 0.303. The maximum atomic E-state index is 13.0. The average Bonchev–Trinajstić information content (AvgIpc) is 2.53. The van der Waals surface area contributed by atoms with Crippen LogP contribution in [0.2, 0.25) is 0 Å². The smallest absolute Gasteiger partial charge is 0.311 e. The van der Waals surface area contributed by atoms with E-state index in [2.05, 4.69) is 4.72 Å². The van der Waals surface area contributed by atoms with E-state index in [1.807, 2.05) is 0 Å². The van der Waals surface area contributed by atoms with Crippen molar-refractivity contribution >= 4 is 29.0 Å². The van der Waals surface area contributed by atoms with Crippen LogP contribution in [0.25, 0.3) is 0 Å². The Hall–Kier alpha value is -1.45. The van der Waals surface area contributed by atoms with Crippen LogP contribution in [0.4, 0.5) is 5.69 Å². The first kappa shape index (κ1) is 23.6. The molecule has 3 atom stereocenters. The van der Waals surface area contributed by atoms with Gasteiger partial charge in [0.1, 0.15) is 5.78 Å². The lowest BCUT2D eigenvalue weighted by Crippen LogP contribution is -2.41. The number of hydrogen-bond donors (Lipinski definition) is 5. The normalized spacial score (nSPS) is 16.7. The van der Waals surface area contributed by atoms with E-state index in [0.29, 0.717) is 16.8 Å². The monoisotopic (exact) mass is 422 g/mol. The summed E-state index contributed by atoms with van der Waals surface area (Å²) in [5.41, 5.74) is 6.96. The molecule has 27 heavy (non-hydrogen) atoms. The lowest BCUT2D eigenvalue weighted by molar-refractivity contribution is -0.138. The van der Waals surface area contributed by atoms with Crippen LogP contribution in [0.15, 0.2) is 18.2 Å². The third-order valence-corrected chi connectivity index (χ3v) is 8.25. The number of anilines is 1. The predicted octanol–water partition coefficient (Wildman–Crippen LogP) is 0.910. The maximum Gasteiger partial charge on any atom is 0.311 e. The number of carboxylic acids is 1. The van der Waals surface area contributed by atoms with E-state index in [4.69, 9.17) is 10.8 Å². The third kappa shape index (κ3) is 6.29. The first-order valence-corrected chi connectivity index (χ1v) is 11.9. The molecule has 0 saturated heterocycles. The van der Waals surface area contributed by atoms with Gasteiger partial charge in [0, 0.05) is 11.8 Å². The summed E-state index contributed by atoms with van der Waals surface area (Å²) in [6, 6.07) is 4.67. The fourth-order valence-corrected chi connectivity index (χ4v) is 6.96. The summed E-state index contributed by atoms with van der Waals surface area (Å²) in [6.45, 7) is 4.08. The Morgan fingerprint density at radius 1 is 1.33 bits per heavy atom. The molecule has 9 nitrogen and oxygen atoms in total. The molecular formula is C16H27N2O7PS. The number of rotatable bonds is 10. The molecule has 0 aromatic heterocycles. The van der Waals surface area contributed by atoms with E-state index in [9.17, 15) is 27.8 Å². The second kappa shape index (κ2) is 9.16. The van der Waals surface area contributed by atoms with Crippen LogP contribution in [0.1, 0.15) is 30.9 Å². The number of aliphatic hydroxyl groups excluding tert-OH is 1. The highest BCUT2D eigenvalue weighted by molar-refractivity contribution is 7.89. The Labute approximate surface area is 159 Å². The molecule has 6 N–H and O–H groups in total. The molecule has 3 unspecified atom stereocenters. The minimum atomic E-state index is -4.28. The first-order valence-electron chi connectivity index (χ1n) is 8.32. The van der Waals surface area contributed by atoms with Crippen molar-refractivity contribution in [1.29, 1.82) is 0 Å². The zero-order valence-corrected chi connectivity index (χ0v) is 17.2. The van der Waals surface area contributed by atoms with E-state index >= 15 is 0 Å². The number of aliphatic carboxylic acids is 1. The molecular weight excluding hydrogens is 395 g/mol. The number of carboxylic acid groups (broad SMARTS) is 1. The van der Waals surface area contributed by atoms with E-state index < -0.39 is 59.5 Å². The number of hydrogen-bond acceptors (Lipinski definition) is 6. The van der Waals surface area contributed by atoms with Gasteiger partial charge in [-0.15, -0.1) is 0 Å². The van der Waals surface area contributed by atoms with Crippen molar-refractivity contribution in [3.8, 4) is 0 Å². The number of sulfonamides is 1. The van der Waals surface area contributed by atoms with Crippen molar-refractivity contribution in [2.24, 2.45) is 5.92 Å². The Balaban J connectivity index is 3.26. The molecule has 1 aromatic carbocycles. The fourth-order valence-electron chi connectivity index (χ4n) is 2.78. The Morgan fingerprint density at radius 3 is 2.41 bits per heavy atom. The van der Waals surface area contributed by atoms with Gasteiger partial charge in [-0.25, -0.2) is 13.1 Å². The predicted molar refractivity (Wildman–Crippen MR) is 103 cm³/mol. The quantitative estimate of drug-likeness (QED) is 0.274. The molecule has 1 rings (SSSR count). The van der Waals surface area contributed by atoms with E-state index in [1.165, 1.54) is 6.07 Å². The van der Waals surface area contributed by atoms with Crippen molar-refractivity contribution < 1.29 is 32.9 Å². The van der Waals surface area contributed by atoms with E-state index in [0.717, 1.165) is 0 Å². The molecule has 0 radical (unpaired) electrons. The average molecular weight is 422 g/mol. The molecule has 0 aliphatic carbocycles. The number of nitrogen functional groups attached to an aromatic ring is 1. The SMILES string of the molecule is Cc1c(N)cccc1C(CP(=O)(O)C(NS(=O)(=O)CCO)C(C)C)C(=O)O. The molecule has 0 amide bonds. The fraction of sp³-hybridized carbons (Fsp3) is 0.562. The van der Waals surface area contributed by atoms with Crippen molar-refractivity contribution in [3.05, 3.63) is 29.3 Å². The Bertz CT molecular complexity index is 826. The van der Waals surface area contributed by atoms with Gasteiger partial charge in [0.15, 0.2) is 0 Å². The highest BCUT2D eigenvalue weighted by Crippen LogP contribution is 2.51.